The molecule has 1 heterocycles. The van der Waals surface area contributed by atoms with Crippen LogP contribution in [0.15, 0.2) is 59.0 Å². The number of rotatable bonds is 12. The minimum absolute atomic E-state index is 0.0902. The topological polar surface area (TPSA) is 56.5 Å². The molecule has 0 spiro atoms. The van der Waals surface area contributed by atoms with E-state index < -0.39 is 0 Å². The summed E-state index contributed by atoms with van der Waals surface area (Å²) in [6, 6.07) is 18.7. The van der Waals surface area contributed by atoms with Crippen LogP contribution in [0, 0.1) is 6.92 Å². The Labute approximate surface area is 185 Å². The van der Waals surface area contributed by atoms with Crippen LogP contribution in [0.4, 0.5) is 0 Å². The van der Waals surface area contributed by atoms with Gasteiger partial charge in [-0.05, 0) is 70.4 Å². The molecule has 0 saturated carbocycles. The number of ether oxygens (including phenoxy) is 2. The van der Waals surface area contributed by atoms with Crippen molar-refractivity contribution in [2.24, 2.45) is 0 Å². The van der Waals surface area contributed by atoms with Gasteiger partial charge >= 0.3 is 0 Å². The highest BCUT2D eigenvalue weighted by Crippen LogP contribution is 2.22. The van der Waals surface area contributed by atoms with Crippen LogP contribution in [0.2, 0.25) is 0 Å². The number of oxazole rings is 1. The largest absolute Gasteiger partial charge is 0.493 e. The molecule has 0 bridgehead atoms. The number of hydrogen-bond acceptors (Lipinski definition) is 5. The van der Waals surface area contributed by atoms with E-state index in [9.17, 15) is 0 Å². The number of aromatic nitrogens is 1. The van der Waals surface area contributed by atoms with Crippen molar-refractivity contribution in [2.45, 2.75) is 59.2 Å². The number of hydrogen-bond donors (Lipinski definition) is 1. The molecule has 166 valence electrons. The fourth-order valence-electron chi connectivity index (χ4n) is 3.47. The number of nitrogens with one attached hydrogen (secondary N) is 1. The molecule has 0 fully saturated rings. The molecule has 5 nitrogen and oxygen atoms in total. The second-order valence-electron chi connectivity index (χ2n) is 7.93. The van der Waals surface area contributed by atoms with Gasteiger partial charge in [0.25, 0.3) is 0 Å². The Bertz CT molecular complexity index is 904. The van der Waals surface area contributed by atoms with Crippen LogP contribution in [-0.4, -0.2) is 30.5 Å². The van der Waals surface area contributed by atoms with E-state index in [-0.39, 0.29) is 6.23 Å². The van der Waals surface area contributed by atoms with Crippen molar-refractivity contribution in [3.63, 3.8) is 0 Å². The summed E-state index contributed by atoms with van der Waals surface area (Å²) in [6.07, 6.45) is 2.71. The Balaban J connectivity index is 1.47. The average molecular weight is 423 g/mol. The van der Waals surface area contributed by atoms with Gasteiger partial charge in [-0.3, -0.25) is 5.32 Å². The molecule has 1 N–H and O–H groups in total. The maximum absolute atomic E-state index is 5.93. The molecule has 0 aliphatic carbocycles. The summed E-state index contributed by atoms with van der Waals surface area (Å²) in [5.74, 6) is 2.38. The highest BCUT2D eigenvalue weighted by molar-refractivity contribution is 5.53. The van der Waals surface area contributed by atoms with E-state index in [1.54, 1.807) is 0 Å². The van der Waals surface area contributed by atoms with Gasteiger partial charge in [0.15, 0.2) is 0 Å². The maximum atomic E-state index is 5.93. The highest BCUT2D eigenvalue weighted by Gasteiger charge is 2.12. The van der Waals surface area contributed by atoms with E-state index in [0.717, 1.165) is 42.2 Å². The summed E-state index contributed by atoms with van der Waals surface area (Å²) in [7, 11) is 0. The molecule has 1 atom stereocenters. The zero-order valence-electron chi connectivity index (χ0n) is 19.1. The molecule has 0 radical (unpaired) electrons. The maximum Gasteiger partial charge on any atom is 0.226 e. The predicted molar refractivity (Wildman–Crippen MR) is 124 cm³/mol. The first-order valence-electron chi connectivity index (χ1n) is 11.2. The monoisotopic (exact) mass is 422 g/mol. The molecule has 0 aliphatic rings. The summed E-state index contributed by atoms with van der Waals surface area (Å²) in [6.45, 7) is 9.54. The van der Waals surface area contributed by atoms with Crippen molar-refractivity contribution in [3.8, 4) is 17.2 Å². The molecule has 3 aromatic rings. The van der Waals surface area contributed by atoms with E-state index in [1.165, 1.54) is 5.56 Å². The van der Waals surface area contributed by atoms with E-state index >= 15 is 0 Å². The molecule has 1 aromatic heterocycles. The van der Waals surface area contributed by atoms with Crippen molar-refractivity contribution in [1.82, 2.24) is 10.3 Å². The van der Waals surface area contributed by atoms with E-state index in [4.69, 9.17) is 13.9 Å². The number of benzene rings is 2. The Kier molecular flexibility index (Phi) is 8.68. The van der Waals surface area contributed by atoms with Gasteiger partial charge in [0.1, 0.15) is 17.7 Å². The number of nitrogens with zero attached hydrogens (tertiary/aromatic N) is 1. The summed E-state index contributed by atoms with van der Waals surface area (Å²) in [4.78, 5) is 4.64. The van der Waals surface area contributed by atoms with Gasteiger partial charge in [0.2, 0.25) is 5.89 Å². The van der Waals surface area contributed by atoms with Crippen molar-refractivity contribution < 1.29 is 13.9 Å². The van der Waals surface area contributed by atoms with Gasteiger partial charge in [-0.15, -0.1) is 0 Å². The van der Waals surface area contributed by atoms with Gasteiger partial charge in [-0.2, -0.15) is 0 Å². The van der Waals surface area contributed by atoms with Crippen LogP contribution in [-0.2, 0) is 17.6 Å². The molecule has 0 aliphatic heterocycles. The molecule has 5 heteroatoms. The second-order valence-corrected chi connectivity index (χ2v) is 7.93. The quantitative estimate of drug-likeness (QED) is 0.387. The molecule has 0 amide bonds. The third-order valence-corrected chi connectivity index (χ3v) is 5.03. The lowest BCUT2D eigenvalue weighted by Gasteiger charge is -2.21. The van der Waals surface area contributed by atoms with Crippen molar-refractivity contribution in [3.05, 3.63) is 71.6 Å². The van der Waals surface area contributed by atoms with Gasteiger partial charge in [-0.1, -0.05) is 30.3 Å². The summed E-state index contributed by atoms with van der Waals surface area (Å²) in [5.41, 5.74) is 3.21. The van der Waals surface area contributed by atoms with Crippen LogP contribution in [0.5, 0.6) is 5.75 Å². The van der Waals surface area contributed by atoms with Crippen LogP contribution >= 0.6 is 0 Å². The SMILES string of the molecule is CCOC(CCc1ccc(OCCc2nc(-c3ccccc3)oc2C)cc1)NC(C)C. The lowest BCUT2D eigenvalue weighted by Crippen LogP contribution is -2.37. The van der Waals surface area contributed by atoms with Gasteiger partial charge in [0, 0.05) is 24.6 Å². The minimum Gasteiger partial charge on any atom is -0.493 e. The molecule has 3 rings (SSSR count). The third kappa shape index (κ3) is 7.23. The lowest BCUT2D eigenvalue weighted by molar-refractivity contribution is 0.0268. The molecule has 31 heavy (non-hydrogen) atoms. The second kappa shape index (κ2) is 11.7. The van der Waals surface area contributed by atoms with E-state index in [2.05, 4.69) is 36.3 Å². The smallest absolute Gasteiger partial charge is 0.226 e. The lowest BCUT2D eigenvalue weighted by atomic mass is 10.1. The Morgan fingerprint density at radius 3 is 2.42 bits per heavy atom. The zero-order chi connectivity index (χ0) is 22.1. The normalized spacial score (nSPS) is 12.3. The minimum atomic E-state index is 0.0902. The highest BCUT2D eigenvalue weighted by atomic mass is 16.5. The standard InChI is InChI=1S/C26H34N2O3/c1-5-29-25(27-19(2)3)16-13-21-11-14-23(15-12-21)30-18-17-24-20(4)31-26(28-24)22-9-7-6-8-10-22/h6-12,14-15,19,25,27H,5,13,16-18H2,1-4H3. The summed E-state index contributed by atoms with van der Waals surface area (Å²) in [5, 5.41) is 3.46. The summed E-state index contributed by atoms with van der Waals surface area (Å²) < 4.78 is 17.5. The fraction of sp³-hybridized carbons (Fsp3) is 0.423. The molecule has 0 saturated heterocycles. The van der Waals surface area contributed by atoms with Gasteiger partial charge in [-0.25, -0.2) is 4.98 Å². The molecule has 1 unspecified atom stereocenters. The summed E-state index contributed by atoms with van der Waals surface area (Å²) >= 11 is 0. The van der Waals surface area contributed by atoms with Crippen LogP contribution in [0.1, 0.15) is 44.2 Å². The van der Waals surface area contributed by atoms with E-state index in [1.807, 2.05) is 56.3 Å². The fourth-order valence-corrected chi connectivity index (χ4v) is 3.47. The van der Waals surface area contributed by atoms with Crippen molar-refractivity contribution in [2.75, 3.05) is 13.2 Å². The van der Waals surface area contributed by atoms with Crippen LogP contribution < -0.4 is 10.1 Å². The van der Waals surface area contributed by atoms with Gasteiger partial charge in [0.05, 0.1) is 12.3 Å². The first-order valence-corrected chi connectivity index (χ1v) is 11.2. The average Bonchev–Trinajstić information content (AvgIpc) is 3.14. The first-order chi connectivity index (χ1) is 15.0. The first kappa shape index (κ1) is 23.0. The molecular weight excluding hydrogens is 388 g/mol. The zero-order valence-corrected chi connectivity index (χ0v) is 19.1. The van der Waals surface area contributed by atoms with E-state index in [0.29, 0.717) is 25.0 Å². The van der Waals surface area contributed by atoms with Crippen molar-refractivity contribution >= 4 is 0 Å². The van der Waals surface area contributed by atoms with Crippen molar-refractivity contribution in [1.29, 1.82) is 0 Å². The Morgan fingerprint density at radius 2 is 1.74 bits per heavy atom. The van der Waals surface area contributed by atoms with Gasteiger partial charge < -0.3 is 13.9 Å². The Hall–Kier alpha value is -2.63. The predicted octanol–water partition coefficient (Wildman–Crippen LogP) is 5.56. The van der Waals surface area contributed by atoms with Crippen LogP contribution in [0.3, 0.4) is 0 Å². The Morgan fingerprint density at radius 1 is 1.00 bits per heavy atom. The third-order valence-electron chi connectivity index (χ3n) is 5.03. The number of aryl methyl sites for hydroxylation is 2. The van der Waals surface area contributed by atoms with Crippen LogP contribution in [0.25, 0.3) is 11.5 Å². The molecular formula is C26H34N2O3. The molecule has 2 aromatic carbocycles.